The first-order chi connectivity index (χ1) is 13.7. The van der Waals surface area contributed by atoms with Gasteiger partial charge in [-0.3, -0.25) is 9.59 Å². The molecule has 0 unspecified atom stereocenters. The average molecular weight is 395 g/mol. The molecule has 152 valence electrons. The molecule has 6 heteroatoms. The van der Waals surface area contributed by atoms with E-state index in [-0.39, 0.29) is 30.3 Å². The van der Waals surface area contributed by atoms with Crippen LogP contribution in [0.25, 0.3) is 0 Å². The quantitative estimate of drug-likeness (QED) is 0.596. The minimum Gasteiger partial charge on any atom is -0.482 e. The highest BCUT2D eigenvalue weighted by atomic mass is 16.6. The number of rotatable bonds is 6. The van der Waals surface area contributed by atoms with E-state index < -0.39 is 5.97 Å². The largest absolute Gasteiger partial charge is 0.482 e. The number of carbonyl (C=O) groups excluding carboxylic acids is 3. The molecule has 3 rings (SSSR count). The van der Waals surface area contributed by atoms with Crippen molar-refractivity contribution in [2.75, 3.05) is 18.5 Å². The second-order valence-corrected chi connectivity index (χ2v) is 8.04. The number of fused-ring (bicyclic) bond motifs is 1. The standard InChI is InChI=1S/C23H25NO5/c1-23(2,3)17-6-4-5-7-20(17)28-14-22(27)29-13-19(25)16-8-10-18-15(12-16)9-11-21(26)24-18/h4-8,10,12H,9,11,13-14H2,1-3H3,(H,24,26). The molecule has 1 amide bonds. The number of hydrogen-bond donors (Lipinski definition) is 1. The van der Waals surface area contributed by atoms with Crippen LogP contribution < -0.4 is 10.1 Å². The molecule has 0 saturated heterocycles. The van der Waals surface area contributed by atoms with Gasteiger partial charge in [-0.2, -0.15) is 0 Å². The molecule has 2 aromatic rings. The summed E-state index contributed by atoms with van der Waals surface area (Å²) in [5.41, 5.74) is 2.95. The fraction of sp³-hybridized carbons (Fsp3) is 0.348. The van der Waals surface area contributed by atoms with Crippen LogP contribution in [-0.4, -0.2) is 30.9 Å². The fourth-order valence-corrected chi connectivity index (χ4v) is 3.18. The smallest absolute Gasteiger partial charge is 0.344 e. The Hall–Kier alpha value is -3.15. The van der Waals surface area contributed by atoms with Crippen molar-refractivity contribution in [3.63, 3.8) is 0 Å². The molecule has 0 aliphatic carbocycles. The Balaban J connectivity index is 1.54. The van der Waals surface area contributed by atoms with Gasteiger partial charge in [-0.05, 0) is 47.2 Å². The second kappa shape index (κ2) is 8.47. The van der Waals surface area contributed by atoms with Crippen LogP contribution in [0.1, 0.15) is 48.7 Å². The number of aryl methyl sites for hydroxylation is 1. The fourth-order valence-electron chi connectivity index (χ4n) is 3.18. The van der Waals surface area contributed by atoms with Crippen LogP contribution in [0.5, 0.6) is 5.75 Å². The van der Waals surface area contributed by atoms with Crippen molar-refractivity contribution < 1.29 is 23.9 Å². The lowest BCUT2D eigenvalue weighted by Crippen LogP contribution is -2.22. The van der Waals surface area contributed by atoms with E-state index in [0.29, 0.717) is 24.2 Å². The molecule has 0 fully saturated rings. The summed E-state index contributed by atoms with van der Waals surface area (Å²) in [6, 6.07) is 12.6. The van der Waals surface area contributed by atoms with Gasteiger partial charge in [-0.1, -0.05) is 39.0 Å². The van der Waals surface area contributed by atoms with Crippen molar-refractivity contribution in [2.24, 2.45) is 0 Å². The minimum atomic E-state index is -0.604. The van der Waals surface area contributed by atoms with Gasteiger partial charge in [-0.25, -0.2) is 4.79 Å². The van der Waals surface area contributed by atoms with Crippen LogP contribution in [0.3, 0.4) is 0 Å². The molecule has 0 bridgehead atoms. The summed E-state index contributed by atoms with van der Waals surface area (Å²) in [6.07, 6.45) is 0.982. The number of nitrogens with one attached hydrogen (secondary N) is 1. The number of anilines is 1. The van der Waals surface area contributed by atoms with E-state index in [4.69, 9.17) is 9.47 Å². The van der Waals surface area contributed by atoms with Crippen LogP contribution in [0, 0.1) is 0 Å². The number of carbonyl (C=O) groups is 3. The van der Waals surface area contributed by atoms with E-state index >= 15 is 0 Å². The van der Waals surface area contributed by atoms with Crippen LogP contribution >= 0.6 is 0 Å². The van der Waals surface area contributed by atoms with E-state index in [0.717, 1.165) is 16.8 Å². The summed E-state index contributed by atoms with van der Waals surface area (Å²) in [5.74, 6) is -0.307. The van der Waals surface area contributed by atoms with Crippen molar-refractivity contribution >= 4 is 23.3 Å². The second-order valence-electron chi connectivity index (χ2n) is 8.04. The Labute approximate surface area is 170 Å². The van der Waals surface area contributed by atoms with Crippen molar-refractivity contribution in [1.29, 1.82) is 0 Å². The van der Waals surface area contributed by atoms with Crippen molar-refractivity contribution in [3.05, 3.63) is 59.2 Å². The number of ketones is 1. The molecule has 29 heavy (non-hydrogen) atoms. The van der Waals surface area contributed by atoms with Gasteiger partial charge in [-0.15, -0.1) is 0 Å². The Morgan fingerprint density at radius 1 is 1.03 bits per heavy atom. The molecule has 0 spiro atoms. The number of amides is 1. The van der Waals surface area contributed by atoms with Crippen molar-refractivity contribution in [1.82, 2.24) is 0 Å². The Morgan fingerprint density at radius 2 is 1.79 bits per heavy atom. The predicted octanol–water partition coefficient (Wildman–Crippen LogP) is 3.67. The van der Waals surface area contributed by atoms with Gasteiger partial charge in [0.1, 0.15) is 5.75 Å². The van der Waals surface area contributed by atoms with E-state index in [9.17, 15) is 14.4 Å². The predicted molar refractivity (Wildman–Crippen MR) is 109 cm³/mol. The summed E-state index contributed by atoms with van der Waals surface area (Å²) in [4.78, 5) is 35.8. The number of Topliss-reactive ketones (excluding diaryl/α,β-unsaturated/α-hetero) is 1. The molecule has 0 saturated carbocycles. The maximum Gasteiger partial charge on any atom is 0.344 e. The molecule has 0 radical (unpaired) electrons. The number of benzene rings is 2. The van der Waals surface area contributed by atoms with E-state index in [1.54, 1.807) is 18.2 Å². The van der Waals surface area contributed by atoms with Gasteiger partial charge in [0.15, 0.2) is 19.0 Å². The molecule has 0 aromatic heterocycles. The lowest BCUT2D eigenvalue weighted by atomic mass is 9.86. The molecular formula is C23H25NO5. The first-order valence-electron chi connectivity index (χ1n) is 9.58. The van der Waals surface area contributed by atoms with Crippen LogP contribution in [-0.2, 0) is 26.2 Å². The molecule has 0 atom stereocenters. The molecule has 2 aromatic carbocycles. The Morgan fingerprint density at radius 3 is 2.55 bits per heavy atom. The monoisotopic (exact) mass is 395 g/mol. The number of hydrogen-bond acceptors (Lipinski definition) is 5. The van der Waals surface area contributed by atoms with E-state index in [1.807, 2.05) is 24.3 Å². The SMILES string of the molecule is CC(C)(C)c1ccccc1OCC(=O)OCC(=O)c1ccc2c(c1)CCC(=O)N2. The summed E-state index contributed by atoms with van der Waals surface area (Å²) in [6.45, 7) is 5.58. The summed E-state index contributed by atoms with van der Waals surface area (Å²) >= 11 is 0. The average Bonchev–Trinajstić information content (AvgIpc) is 2.69. The molecule has 1 N–H and O–H groups in total. The normalized spacial score (nSPS) is 13.3. The highest BCUT2D eigenvalue weighted by Crippen LogP contribution is 2.31. The first kappa shape index (κ1) is 20.6. The topological polar surface area (TPSA) is 81.7 Å². The molecule has 1 aliphatic rings. The lowest BCUT2D eigenvalue weighted by molar-refractivity contribution is -0.144. The van der Waals surface area contributed by atoms with E-state index in [1.165, 1.54) is 0 Å². The summed E-state index contributed by atoms with van der Waals surface area (Å²) in [5, 5.41) is 2.77. The van der Waals surface area contributed by atoms with Gasteiger partial charge >= 0.3 is 5.97 Å². The van der Waals surface area contributed by atoms with Crippen LogP contribution in [0.4, 0.5) is 5.69 Å². The van der Waals surface area contributed by atoms with Gasteiger partial charge in [0.25, 0.3) is 0 Å². The summed E-state index contributed by atoms with van der Waals surface area (Å²) < 4.78 is 10.7. The maximum atomic E-state index is 12.4. The molecule has 1 aliphatic heterocycles. The van der Waals surface area contributed by atoms with Crippen molar-refractivity contribution in [3.8, 4) is 5.75 Å². The summed E-state index contributed by atoms with van der Waals surface area (Å²) in [7, 11) is 0. The van der Waals surface area contributed by atoms with E-state index in [2.05, 4.69) is 26.1 Å². The molecule has 1 heterocycles. The Kier molecular flexibility index (Phi) is 6.01. The minimum absolute atomic E-state index is 0.0291. The lowest BCUT2D eigenvalue weighted by Gasteiger charge is -2.22. The van der Waals surface area contributed by atoms with Crippen molar-refractivity contribution in [2.45, 2.75) is 39.0 Å². The van der Waals surface area contributed by atoms with Gasteiger partial charge in [0.2, 0.25) is 5.91 Å². The maximum absolute atomic E-state index is 12.4. The number of para-hydroxylation sites is 1. The highest BCUT2D eigenvalue weighted by molar-refractivity contribution is 6.00. The zero-order valence-corrected chi connectivity index (χ0v) is 16.9. The van der Waals surface area contributed by atoms with Gasteiger partial charge < -0.3 is 14.8 Å². The van der Waals surface area contributed by atoms with Crippen LogP contribution in [0.2, 0.25) is 0 Å². The highest BCUT2D eigenvalue weighted by Gasteiger charge is 2.20. The van der Waals surface area contributed by atoms with Crippen LogP contribution in [0.15, 0.2) is 42.5 Å². The van der Waals surface area contributed by atoms with Gasteiger partial charge in [0.05, 0.1) is 0 Å². The number of ether oxygens (including phenoxy) is 2. The third-order valence-electron chi connectivity index (χ3n) is 4.73. The zero-order chi connectivity index (χ0) is 21.0. The third kappa shape index (κ3) is 5.22. The molecular weight excluding hydrogens is 370 g/mol. The van der Waals surface area contributed by atoms with Gasteiger partial charge in [0, 0.05) is 17.7 Å². The third-order valence-corrected chi connectivity index (χ3v) is 4.73. The first-order valence-corrected chi connectivity index (χ1v) is 9.58. The Bertz CT molecular complexity index is 943. The number of esters is 1. The zero-order valence-electron chi connectivity index (χ0n) is 16.9. The molecule has 6 nitrogen and oxygen atoms in total.